The van der Waals surface area contributed by atoms with Gasteiger partial charge < -0.3 is 14.5 Å². The lowest BCUT2D eigenvalue weighted by Crippen LogP contribution is -2.50. The van der Waals surface area contributed by atoms with E-state index < -0.39 is 0 Å². The van der Waals surface area contributed by atoms with Crippen LogP contribution < -0.4 is 9.64 Å². The number of aryl methyl sites for hydroxylation is 1. The molecule has 4 rings (SSSR count). The maximum absolute atomic E-state index is 12.6. The van der Waals surface area contributed by atoms with Crippen LogP contribution in [0.3, 0.4) is 0 Å². The number of hydrogen-bond acceptors (Lipinski definition) is 3. The molecule has 0 N–H and O–H groups in total. The van der Waals surface area contributed by atoms with Gasteiger partial charge >= 0.3 is 0 Å². The third-order valence-electron chi connectivity index (χ3n) is 5.63. The van der Waals surface area contributed by atoms with Crippen LogP contribution in [-0.2, 0) is 17.6 Å². The highest BCUT2D eigenvalue weighted by Crippen LogP contribution is 2.29. The van der Waals surface area contributed by atoms with Gasteiger partial charge in [0.05, 0.1) is 10.0 Å². The Balaban J connectivity index is 1.29. The van der Waals surface area contributed by atoms with Gasteiger partial charge in [-0.25, -0.2) is 0 Å². The summed E-state index contributed by atoms with van der Waals surface area (Å²) in [6.45, 7) is 6.99. The lowest BCUT2D eigenvalue weighted by Gasteiger charge is -2.36. The van der Waals surface area contributed by atoms with Crippen LogP contribution in [-0.4, -0.2) is 43.6 Å². The van der Waals surface area contributed by atoms with Gasteiger partial charge in [-0.2, -0.15) is 0 Å². The Labute approximate surface area is 181 Å². The summed E-state index contributed by atoms with van der Waals surface area (Å²) in [7, 11) is 0. The molecule has 152 valence electrons. The minimum atomic E-state index is 0.0184. The lowest BCUT2D eigenvalue weighted by molar-refractivity contribution is -0.133. The van der Waals surface area contributed by atoms with Gasteiger partial charge in [-0.1, -0.05) is 41.4 Å². The minimum Gasteiger partial charge on any atom is -0.484 e. The molecule has 0 atom stereocenters. The number of rotatable bonds is 4. The number of carbonyl (C=O) groups excluding carboxylic acids is 1. The summed E-state index contributed by atoms with van der Waals surface area (Å²) in [6, 6.07) is 11.7. The molecule has 29 heavy (non-hydrogen) atoms. The Bertz CT molecular complexity index is 936. The van der Waals surface area contributed by atoms with E-state index in [0.29, 0.717) is 23.1 Å². The largest absolute Gasteiger partial charge is 0.484 e. The molecule has 1 fully saturated rings. The van der Waals surface area contributed by atoms with Crippen LogP contribution in [0.15, 0.2) is 48.6 Å². The van der Waals surface area contributed by atoms with Crippen molar-refractivity contribution in [1.82, 2.24) is 4.90 Å². The van der Waals surface area contributed by atoms with Crippen LogP contribution in [0.4, 0.5) is 5.69 Å². The number of benzene rings is 2. The second-order valence-electron chi connectivity index (χ2n) is 7.61. The van der Waals surface area contributed by atoms with Crippen molar-refractivity contribution >= 4 is 34.8 Å². The van der Waals surface area contributed by atoms with E-state index in [2.05, 4.69) is 23.6 Å². The number of carbonyl (C=O) groups is 1. The van der Waals surface area contributed by atoms with E-state index >= 15 is 0 Å². The summed E-state index contributed by atoms with van der Waals surface area (Å²) in [5.74, 6) is 0.781. The van der Waals surface area contributed by atoms with Crippen molar-refractivity contribution in [3.63, 3.8) is 0 Å². The molecule has 1 heterocycles. The number of halogens is 2. The van der Waals surface area contributed by atoms with Gasteiger partial charge in [0, 0.05) is 31.9 Å². The summed E-state index contributed by atoms with van der Waals surface area (Å²) in [5, 5.41) is 1.10. The van der Waals surface area contributed by atoms with Gasteiger partial charge in [0.1, 0.15) is 5.75 Å². The lowest BCUT2D eigenvalue weighted by atomic mass is 9.89. The first-order chi connectivity index (χ1) is 14.0. The molecule has 2 aromatic rings. The Hall–Kier alpha value is -2.17. The Morgan fingerprint density at radius 2 is 1.76 bits per heavy atom. The van der Waals surface area contributed by atoms with Crippen LogP contribution in [0.5, 0.6) is 5.75 Å². The number of allylic oxidation sites excluding steroid dienone is 1. The molecule has 0 bridgehead atoms. The fourth-order valence-corrected chi connectivity index (χ4v) is 4.19. The average molecular weight is 431 g/mol. The number of piperazine rings is 1. The predicted molar refractivity (Wildman–Crippen MR) is 118 cm³/mol. The van der Waals surface area contributed by atoms with Crippen molar-refractivity contribution in [1.29, 1.82) is 0 Å². The highest BCUT2D eigenvalue weighted by molar-refractivity contribution is 6.42. The van der Waals surface area contributed by atoms with Gasteiger partial charge in [0.25, 0.3) is 5.91 Å². The Kier molecular flexibility index (Phi) is 6.02. The van der Waals surface area contributed by atoms with E-state index in [9.17, 15) is 4.79 Å². The smallest absolute Gasteiger partial charge is 0.260 e. The third kappa shape index (κ3) is 4.71. The van der Waals surface area contributed by atoms with Gasteiger partial charge in [0.2, 0.25) is 0 Å². The second kappa shape index (κ2) is 8.68. The number of hydrogen-bond donors (Lipinski definition) is 0. The zero-order chi connectivity index (χ0) is 20.4. The average Bonchev–Trinajstić information content (AvgIpc) is 2.74. The van der Waals surface area contributed by atoms with Crippen LogP contribution in [0, 0.1) is 0 Å². The van der Waals surface area contributed by atoms with Crippen molar-refractivity contribution in [2.24, 2.45) is 0 Å². The summed E-state index contributed by atoms with van der Waals surface area (Å²) in [6.07, 6.45) is 2.96. The van der Waals surface area contributed by atoms with E-state index in [1.807, 2.05) is 23.1 Å². The van der Waals surface area contributed by atoms with Gasteiger partial charge in [-0.15, -0.1) is 0 Å². The molecule has 0 spiro atoms. The molecule has 6 heteroatoms. The zero-order valence-electron chi connectivity index (χ0n) is 16.3. The van der Waals surface area contributed by atoms with E-state index in [4.69, 9.17) is 27.9 Å². The number of anilines is 1. The van der Waals surface area contributed by atoms with Crippen LogP contribution in [0.1, 0.15) is 17.5 Å². The SMILES string of the molecule is C=C1CCc2cc(OCC(=O)N3CCN(c4ccc(Cl)c(Cl)c4)CC3)ccc2C1. The molecule has 2 aliphatic rings. The molecule has 2 aromatic carbocycles. The van der Waals surface area contributed by atoms with Gasteiger partial charge in [-0.05, 0) is 60.7 Å². The van der Waals surface area contributed by atoms with Crippen LogP contribution in [0.2, 0.25) is 10.0 Å². The van der Waals surface area contributed by atoms with Crippen LogP contribution >= 0.6 is 23.2 Å². The fraction of sp³-hybridized carbons (Fsp3) is 0.348. The molecule has 0 radical (unpaired) electrons. The minimum absolute atomic E-state index is 0.0184. The summed E-state index contributed by atoms with van der Waals surface area (Å²) >= 11 is 12.1. The molecular weight excluding hydrogens is 407 g/mol. The summed E-state index contributed by atoms with van der Waals surface area (Å²) in [5.41, 5.74) is 4.93. The van der Waals surface area contributed by atoms with Gasteiger partial charge in [-0.3, -0.25) is 4.79 Å². The number of ether oxygens (including phenoxy) is 1. The monoisotopic (exact) mass is 430 g/mol. The Morgan fingerprint density at radius 3 is 2.52 bits per heavy atom. The van der Waals surface area contributed by atoms with E-state index in [0.717, 1.165) is 43.8 Å². The van der Waals surface area contributed by atoms with E-state index in [-0.39, 0.29) is 12.5 Å². The van der Waals surface area contributed by atoms with E-state index in [1.54, 1.807) is 6.07 Å². The summed E-state index contributed by atoms with van der Waals surface area (Å²) in [4.78, 5) is 16.6. The molecule has 1 amide bonds. The highest BCUT2D eigenvalue weighted by atomic mass is 35.5. The third-order valence-corrected chi connectivity index (χ3v) is 6.37. The van der Waals surface area contributed by atoms with Crippen molar-refractivity contribution in [3.8, 4) is 5.75 Å². The molecule has 0 saturated carbocycles. The number of fused-ring (bicyclic) bond motifs is 1. The zero-order valence-corrected chi connectivity index (χ0v) is 17.8. The summed E-state index contributed by atoms with van der Waals surface area (Å²) < 4.78 is 5.79. The fourth-order valence-electron chi connectivity index (χ4n) is 3.90. The van der Waals surface area contributed by atoms with Crippen molar-refractivity contribution < 1.29 is 9.53 Å². The maximum Gasteiger partial charge on any atom is 0.260 e. The normalized spacial score (nSPS) is 16.6. The number of amides is 1. The molecule has 1 aliphatic heterocycles. The standard InChI is InChI=1S/C23H24Cl2N2O2/c1-16-2-3-18-13-20(6-4-17(18)12-16)29-15-23(28)27-10-8-26(9-11-27)19-5-7-21(24)22(25)14-19/h4-7,13-14H,1-3,8-12,15H2. The van der Waals surface area contributed by atoms with Gasteiger partial charge in [0.15, 0.2) is 6.61 Å². The molecule has 0 unspecified atom stereocenters. The molecular formula is C23H24Cl2N2O2. The van der Waals surface area contributed by atoms with E-state index in [1.165, 1.54) is 16.7 Å². The molecule has 4 nitrogen and oxygen atoms in total. The van der Waals surface area contributed by atoms with Crippen LogP contribution in [0.25, 0.3) is 0 Å². The molecule has 0 aromatic heterocycles. The first-order valence-corrected chi connectivity index (χ1v) is 10.6. The first-order valence-electron chi connectivity index (χ1n) is 9.88. The molecule has 1 aliphatic carbocycles. The Morgan fingerprint density at radius 1 is 0.966 bits per heavy atom. The van der Waals surface area contributed by atoms with Crippen molar-refractivity contribution in [2.45, 2.75) is 19.3 Å². The highest BCUT2D eigenvalue weighted by Gasteiger charge is 2.22. The maximum atomic E-state index is 12.6. The van der Waals surface area contributed by atoms with Crippen molar-refractivity contribution in [3.05, 3.63) is 69.7 Å². The number of nitrogens with zero attached hydrogens (tertiary/aromatic N) is 2. The second-order valence-corrected chi connectivity index (χ2v) is 8.43. The predicted octanol–water partition coefficient (Wildman–Crippen LogP) is 4.77. The molecule has 1 saturated heterocycles. The van der Waals surface area contributed by atoms with Crippen molar-refractivity contribution in [2.75, 3.05) is 37.7 Å². The topological polar surface area (TPSA) is 32.8 Å². The quantitative estimate of drug-likeness (QED) is 0.655. The first kappa shape index (κ1) is 20.1.